The van der Waals surface area contributed by atoms with Gasteiger partial charge >= 0.3 is 6.09 Å². The van der Waals surface area contributed by atoms with Crippen molar-refractivity contribution in [2.75, 3.05) is 11.4 Å². The van der Waals surface area contributed by atoms with Crippen molar-refractivity contribution in [3.63, 3.8) is 0 Å². The normalized spacial score (nSPS) is 19.1. The summed E-state index contributed by atoms with van der Waals surface area (Å²) < 4.78 is 35.0. The van der Waals surface area contributed by atoms with Crippen LogP contribution in [0.15, 0.2) is 83.8 Å². The molecule has 1 heterocycles. The number of carbonyl (C=O) groups is 2. The molecule has 0 radical (unpaired) electrons. The maximum absolute atomic E-state index is 14.3. The fraction of sp³-hybridized carbons (Fsp3) is 0.333. The monoisotopic (exact) mass is 534 g/mol. The number of nitrogens with one attached hydrogen (secondary N) is 1. The van der Waals surface area contributed by atoms with E-state index in [4.69, 9.17) is 4.74 Å². The van der Waals surface area contributed by atoms with E-state index in [2.05, 4.69) is 4.72 Å². The van der Waals surface area contributed by atoms with Gasteiger partial charge in [0.2, 0.25) is 15.9 Å². The maximum Gasteiger partial charge on any atom is 0.421 e. The molecule has 1 aliphatic rings. The topological polar surface area (TPSA) is 92.8 Å². The first-order valence-corrected chi connectivity index (χ1v) is 14.0. The molecule has 0 spiro atoms. The number of imide groups is 1. The second-order valence-electron chi connectivity index (χ2n) is 11.1. The van der Waals surface area contributed by atoms with Crippen molar-refractivity contribution in [2.45, 2.75) is 62.9 Å². The molecule has 3 aromatic carbocycles. The highest BCUT2D eigenvalue weighted by molar-refractivity contribution is 7.89. The van der Waals surface area contributed by atoms with E-state index in [0.717, 1.165) is 16.0 Å². The molecule has 4 rings (SSSR count). The third kappa shape index (κ3) is 4.74. The Morgan fingerprint density at radius 1 is 0.921 bits per heavy atom. The lowest BCUT2D eigenvalue weighted by atomic mass is 9.59. The molecule has 1 N–H and O–H groups in total. The predicted molar refractivity (Wildman–Crippen MR) is 148 cm³/mol. The van der Waals surface area contributed by atoms with Gasteiger partial charge < -0.3 is 4.74 Å². The third-order valence-electron chi connectivity index (χ3n) is 7.35. The van der Waals surface area contributed by atoms with Gasteiger partial charge in [0.1, 0.15) is 5.60 Å². The molecule has 2 amide bonds. The molecule has 8 heteroatoms. The summed E-state index contributed by atoms with van der Waals surface area (Å²) in [5.41, 5.74) is -0.454. The van der Waals surface area contributed by atoms with E-state index in [0.29, 0.717) is 11.3 Å². The van der Waals surface area contributed by atoms with Gasteiger partial charge in [0, 0.05) is 12.0 Å². The number of sulfonamides is 1. The minimum atomic E-state index is -3.89. The van der Waals surface area contributed by atoms with Gasteiger partial charge in [0.25, 0.3) is 0 Å². The number of anilines is 1. The number of ether oxygens (including phenoxy) is 1. The summed E-state index contributed by atoms with van der Waals surface area (Å²) in [5.74, 6) is -0.478. The second-order valence-corrected chi connectivity index (χ2v) is 12.9. The van der Waals surface area contributed by atoms with Crippen molar-refractivity contribution in [1.82, 2.24) is 4.72 Å². The van der Waals surface area contributed by atoms with E-state index in [1.54, 1.807) is 64.1 Å². The van der Waals surface area contributed by atoms with Gasteiger partial charge in [-0.3, -0.25) is 4.79 Å². The molecule has 0 fully saturated rings. The standard InChI is InChI=1S/C30H34N2O5S/c1-21-16-18-23(19-17-21)38(35,36)31-20-29(5,22-12-8-7-9-13-22)30(6)24-14-10-11-15-25(24)32(26(30)33)27(34)37-28(2,3)4/h7-19,31H,20H2,1-6H3/t29-,30+/m1/s1. The van der Waals surface area contributed by atoms with Crippen LogP contribution in [0.3, 0.4) is 0 Å². The number of hydrogen-bond acceptors (Lipinski definition) is 5. The summed E-state index contributed by atoms with van der Waals surface area (Å²) in [5, 5.41) is 0. The minimum Gasteiger partial charge on any atom is -0.443 e. The first-order valence-electron chi connectivity index (χ1n) is 12.5. The number of amides is 2. The van der Waals surface area contributed by atoms with Crippen LogP contribution in [-0.2, 0) is 30.4 Å². The number of rotatable bonds is 6. The summed E-state index contributed by atoms with van der Waals surface area (Å²) in [6.45, 7) is 10.6. The summed E-state index contributed by atoms with van der Waals surface area (Å²) >= 11 is 0. The number of aryl methyl sites for hydroxylation is 1. The van der Waals surface area contributed by atoms with E-state index in [1.807, 2.05) is 56.3 Å². The fourth-order valence-electron chi connectivity index (χ4n) is 4.98. The van der Waals surface area contributed by atoms with E-state index < -0.39 is 38.5 Å². The molecule has 2 atom stereocenters. The van der Waals surface area contributed by atoms with Crippen LogP contribution in [0.1, 0.15) is 51.3 Å². The van der Waals surface area contributed by atoms with Gasteiger partial charge in [-0.1, -0.05) is 73.2 Å². The quantitative estimate of drug-likeness (QED) is 0.453. The van der Waals surface area contributed by atoms with Crippen molar-refractivity contribution < 1.29 is 22.7 Å². The smallest absolute Gasteiger partial charge is 0.421 e. The lowest BCUT2D eigenvalue weighted by Gasteiger charge is -2.43. The van der Waals surface area contributed by atoms with Gasteiger partial charge in [0.05, 0.1) is 16.0 Å². The zero-order valence-corrected chi connectivity index (χ0v) is 23.4. The Labute approximate surface area is 224 Å². The largest absolute Gasteiger partial charge is 0.443 e. The van der Waals surface area contributed by atoms with Crippen LogP contribution in [0.5, 0.6) is 0 Å². The molecule has 200 valence electrons. The number of carbonyl (C=O) groups excluding carboxylic acids is 2. The zero-order valence-electron chi connectivity index (χ0n) is 22.6. The summed E-state index contributed by atoms with van der Waals surface area (Å²) in [7, 11) is -3.89. The molecule has 1 aliphatic heterocycles. The van der Waals surface area contributed by atoms with Crippen LogP contribution in [0.4, 0.5) is 10.5 Å². The fourth-order valence-corrected chi connectivity index (χ4v) is 6.12. The van der Waals surface area contributed by atoms with Crippen molar-refractivity contribution >= 4 is 27.7 Å². The number of fused-ring (bicyclic) bond motifs is 1. The SMILES string of the molecule is Cc1ccc(S(=O)(=O)NC[C@](C)(c2ccccc2)[C@]2(C)C(=O)N(C(=O)OC(C)(C)C)c3ccccc32)cc1. The number of para-hydroxylation sites is 1. The van der Waals surface area contributed by atoms with Gasteiger partial charge in [-0.05, 0) is 63.9 Å². The molecule has 7 nitrogen and oxygen atoms in total. The number of nitrogens with zero attached hydrogens (tertiary/aromatic N) is 1. The lowest BCUT2D eigenvalue weighted by molar-refractivity contribution is -0.124. The van der Waals surface area contributed by atoms with Gasteiger partial charge in [-0.2, -0.15) is 0 Å². The number of hydrogen-bond donors (Lipinski definition) is 1. The van der Waals surface area contributed by atoms with Crippen molar-refractivity contribution in [1.29, 1.82) is 0 Å². The second kappa shape index (κ2) is 9.67. The van der Waals surface area contributed by atoms with Crippen LogP contribution in [0.25, 0.3) is 0 Å². The highest BCUT2D eigenvalue weighted by atomic mass is 32.2. The number of benzene rings is 3. The van der Waals surface area contributed by atoms with Gasteiger partial charge in [0.15, 0.2) is 0 Å². The average molecular weight is 535 g/mol. The highest BCUT2D eigenvalue weighted by Gasteiger charge is 2.60. The Morgan fingerprint density at radius 2 is 1.50 bits per heavy atom. The molecule has 0 bridgehead atoms. The predicted octanol–water partition coefficient (Wildman–Crippen LogP) is 5.47. The average Bonchev–Trinajstić information content (AvgIpc) is 3.10. The Hall–Kier alpha value is -3.49. The maximum atomic E-state index is 14.3. The van der Waals surface area contributed by atoms with Crippen LogP contribution >= 0.6 is 0 Å². The van der Waals surface area contributed by atoms with E-state index >= 15 is 0 Å². The molecule has 0 unspecified atom stereocenters. The first kappa shape index (κ1) is 27.5. The van der Waals surface area contributed by atoms with Gasteiger partial charge in [-0.25, -0.2) is 22.8 Å². The Kier molecular flexibility index (Phi) is 7.01. The first-order chi connectivity index (χ1) is 17.7. The zero-order chi connectivity index (χ0) is 27.9. The van der Waals surface area contributed by atoms with Crippen molar-refractivity contribution in [3.8, 4) is 0 Å². The third-order valence-corrected chi connectivity index (χ3v) is 8.77. The Balaban J connectivity index is 1.83. The molecule has 38 heavy (non-hydrogen) atoms. The summed E-state index contributed by atoms with van der Waals surface area (Å²) in [6, 6.07) is 23.0. The van der Waals surface area contributed by atoms with Crippen molar-refractivity contribution in [2.24, 2.45) is 0 Å². The Morgan fingerprint density at radius 3 is 2.11 bits per heavy atom. The summed E-state index contributed by atoms with van der Waals surface area (Å²) in [4.78, 5) is 28.8. The molecular weight excluding hydrogens is 500 g/mol. The molecule has 0 aromatic heterocycles. The van der Waals surface area contributed by atoms with E-state index in [-0.39, 0.29) is 11.4 Å². The van der Waals surface area contributed by atoms with Crippen LogP contribution in [0.2, 0.25) is 0 Å². The van der Waals surface area contributed by atoms with Crippen LogP contribution in [0, 0.1) is 6.92 Å². The molecule has 0 aliphatic carbocycles. The molecule has 0 saturated carbocycles. The van der Waals surface area contributed by atoms with Crippen LogP contribution < -0.4 is 9.62 Å². The molecule has 3 aromatic rings. The molecule has 0 saturated heterocycles. The lowest BCUT2D eigenvalue weighted by Crippen LogP contribution is -2.57. The highest BCUT2D eigenvalue weighted by Crippen LogP contribution is 2.53. The summed E-state index contributed by atoms with van der Waals surface area (Å²) in [6.07, 6.45) is -0.769. The minimum absolute atomic E-state index is 0.0913. The van der Waals surface area contributed by atoms with Gasteiger partial charge in [-0.15, -0.1) is 0 Å². The van der Waals surface area contributed by atoms with Crippen LogP contribution in [-0.4, -0.2) is 32.6 Å². The van der Waals surface area contributed by atoms with E-state index in [1.165, 1.54) is 0 Å². The Bertz CT molecular complexity index is 1460. The molecular formula is C30H34N2O5S. The van der Waals surface area contributed by atoms with E-state index in [9.17, 15) is 18.0 Å². The van der Waals surface area contributed by atoms with Crippen molar-refractivity contribution in [3.05, 3.63) is 95.6 Å².